The van der Waals surface area contributed by atoms with Crippen molar-refractivity contribution in [3.63, 3.8) is 0 Å². The van der Waals surface area contributed by atoms with E-state index in [4.69, 9.17) is 14.2 Å². The maximum atomic E-state index is 12.9. The molecule has 0 aromatic carbocycles. The van der Waals surface area contributed by atoms with Gasteiger partial charge in [-0.2, -0.15) is 0 Å². The molecule has 0 aliphatic carbocycles. The van der Waals surface area contributed by atoms with E-state index in [0.29, 0.717) is 19.3 Å². The summed E-state index contributed by atoms with van der Waals surface area (Å²) in [7, 11) is 0. The van der Waals surface area contributed by atoms with Gasteiger partial charge in [0.2, 0.25) is 0 Å². The van der Waals surface area contributed by atoms with Gasteiger partial charge in [-0.25, -0.2) is 0 Å². The molecule has 0 bridgehead atoms. The highest BCUT2D eigenvalue weighted by atomic mass is 16.6. The SMILES string of the molecule is CCCCC/C=C\C=C/CCCCCCCCCCCCC(=O)OCC(COC(=O)CCCCCCC/C=C\CCCCCCCCC)OC(=O)CCCCC/C=C\C=C/CCCCCCCCC. The maximum Gasteiger partial charge on any atom is 0.306 e. The number of allylic oxidation sites excluding steroid dienone is 10. The van der Waals surface area contributed by atoms with Crippen molar-refractivity contribution in [1.29, 1.82) is 0 Å². The summed E-state index contributed by atoms with van der Waals surface area (Å²) >= 11 is 0. The average molecular weight is 966 g/mol. The Labute approximate surface area is 428 Å². The van der Waals surface area contributed by atoms with Crippen LogP contribution in [0.5, 0.6) is 0 Å². The first-order chi connectivity index (χ1) is 34.0. The standard InChI is InChI=1S/C63H112O6/c1-4-7-10-13-16-19-22-25-28-31-32-33-36-38-41-44-47-50-53-56-62(65)68-59-60(69-63(66)57-54-51-48-45-42-39-35-30-27-24-21-18-15-12-9-6-3)58-67-61(64)55-52-49-46-43-40-37-34-29-26-23-20-17-14-11-8-5-2/h16,19,22,25,29-30,34-35,39,42,60H,4-15,17-18,20-21,23-24,26-28,31-33,36-38,40-41,43-59H2,1-3H3/b19-16-,25-22-,34-29-,35-30-,42-39-. The molecule has 0 radical (unpaired) electrons. The summed E-state index contributed by atoms with van der Waals surface area (Å²) in [5, 5.41) is 0. The van der Waals surface area contributed by atoms with Gasteiger partial charge < -0.3 is 14.2 Å². The molecule has 0 aliphatic rings. The lowest BCUT2D eigenvalue weighted by Crippen LogP contribution is -2.30. The normalized spacial score (nSPS) is 12.4. The number of carbonyl (C=O) groups is 3. The molecule has 0 spiro atoms. The van der Waals surface area contributed by atoms with E-state index >= 15 is 0 Å². The summed E-state index contributed by atoms with van der Waals surface area (Å²) in [5.74, 6) is -0.914. The van der Waals surface area contributed by atoms with Gasteiger partial charge in [-0.3, -0.25) is 14.4 Å². The van der Waals surface area contributed by atoms with Crippen molar-refractivity contribution >= 4 is 17.9 Å². The van der Waals surface area contributed by atoms with Crippen LogP contribution in [-0.4, -0.2) is 37.2 Å². The number of hydrogen-bond donors (Lipinski definition) is 0. The highest BCUT2D eigenvalue weighted by molar-refractivity contribution is 5.71. The predicted octanol–water partition coefficient (Wildman–Crippen LogP) is 20.0. The van der Waals surface area contributed by atoms with E-state index in [2.05, 4.69) is 81.5 Å². The van der Waals surface area contributed by atoms with E-state index in [1.54, 1.807) is 0 Å². The van der Waals surface area contributed by atoms with Crippen molar-refractivity contribution in [1.82, 2.24) is 0 Å². The quantitative estimate of drug-likeness (QED) is 0.0199. The first kappa shape index (κ1) is 66.1. The molecule has 0 heterocycles. The van der Waals surface area contributed by atoms with Crippen LogP contribution in [0.4, 0.5) is 0 Å². The molecule has 0 saturated heterocycles. The van der Waals surface area contributed by atoms with E-state index in [1.807, 2.05) is 0 Å². The van der Waals surface area contributed by atoms with Crippen LogP contribution in [0.2, 0.25) is 0 Å². The monoisotopic (exact) mass is 965 g/mol. The number of ether oxygens (including phenoxy) is 3. The Morgan fingerprint density at radius 3 is 0.855 bits per heavy atom. The Kier molecular flexibility index (Phi) is 55.3. The first-order valence-electron chi connectivity index (χ1n) is 29.8. The van der Waals surface area contributed by atoms with Gasteiger partial charge in [-0.1, -0.05) is 248 Å². The zero-order valence-electron chi connectivity index (χ0n) is 45.8. The average Bonchev–Trinajstić information content (AvgIpc) is 3.35. The van der Waals surface area contributed by atoms with E-state index in [9.17, 15) is 14.4 Å². The minimum atomic E-state index is -0.793. The molecule has 0 saturated carbocycles. The fourth-order valence-electron chi connectivity index (χ4n) is 8.48. The largest absolute Gasteiger partial charge is 0.462 e. The van der Waals surface area contributed by atoms with Crippen molar-refractivity contribution in [3.05, 3.63) is 60.8 Å². The number of esters is 3. The van der Waals surface area contributed by atoms with Crippen LogP contribution in [0.25, 0.3) is 0 Å². The van der Waals surface area contributed by atoms with Gasteiger partial charge in [0.15, 0.2) is 6.10 Å². The summed E-state index contributed by atoms with van der Waals surface area (Å²) in [6.07, 6.45) is 72.1. The summed E-state index contributed by atoms with van der Waals surface area (Å²) in [6, 6.07) is 0. The van der Waals surface area contributed by atoms with E-state index in [1.165, 1.54) is 186 Å². The lowest BCUT2D eigenvalue weighted by molar-refractivity contribution is -0.167. The van der Waals surface area contributed by atoms with Crippen molar-refractivity contribution in [2.45, 2.75) is 309 Å². The highest BCUT2D eigenvalue weighted by Gasteiger charge is 2.19. The van der Waals surface area contributed by atoms with Crippen LogP contribution in [-0.2, 0) is 28.6 Å². The molecular formula is C63H112O6. The van der Waals surface area contributed by atoms with Crippen molar-refractivity contribution < 1.29 is 28.6 Å². The van der Waals surface area contributed by atoms with Gasteiger partial charge in [-0.05, 0) is 96.3 Å². The second-order valence-electron chi connectivity index (χ2n) is 20.0. The van der Waals surface area contributed by atoms with Crippen LogP contribution >= 0.6 is 0 Å². The molecule has 0 aliphatic heterocycles. The Morgan fingerprint density at radius 2 is 0.522 bits per heavy atom. The minimum absolute atomic E-state index is 0.0882. The molecule has 0 fully saturated rings. The summed E-state index contributed by atoms with van der Waals surface area (Å²) in [4.78, 5) is 38.2. The predicted molar refractivity (Wildman–Crippen MR) is 298 cm³/mol. The molecule has 0 rings (SSSR count). The third-order valence-corrected chi connectivity index (χ3v) is 13.0. The highest BCUT2D eigenvalue weighted by Crippen LogP contribution is 2.15. The van der Waals surface area contributed by atoms with Crippen LogP contribution in [0.15, 0.2) is 60.8 Å². The zero-order valence-corrected chi connectivity index (χ0v) is 45.8. The molecule has 6 heteroatoms. The van der Waals surface area contributed by atoms with Gasteiger partial charge in [-0.15, -0.1) is 0 Å². The Hall–Kier alpha value is -2.89. The molecule has 0 N–H and O–H groups in total. The maximum absolute atomic E-state index is 12.9. The van der Waals surface area contributed by atoms with Crippen LogP contribution < -0.4 is 0 Å². The number of unbranched alkanes of at least 4 members (excludes halogenated alkanes) is 35. The Balaban J connectivity index is 4.41. The van der Waals surface area contributed by atoms with E-state index < -0.39 is 6.10 Å². The molecule has 400 valence electrons. The fourth-order valence-corrected chi connectivity index (χ4v) is 8.48. The molecule has 1 unspecified atom stereocenters. The van der Waals surface area contributed by atoms with Gasteiger partial charge >= 0.3 is 17.9 Å². The molecule has 1 atom stereocenters. The smallest absolute Gasteiger partial charge is 0.306 e. The minimum Gasteiger partial charge on any atom is -0.462 e. The van der Waals surface area contributed by atoms with Crippen LogP contribution in [0, 0.1) is 0 Å². The zero-order chi connectivity index (χ0) is 50.0. The molecular weight excluding hydrogens is 853 g/mol. The third-order valence-electron chi connectivity index (χ3n) is 13.0. The first-order valence-corrected chi connectivity index (χ1v) is 29.8. The van der Waals surface area contributed by atoms with Gasteiger partial charge in [0, 0.05) is 19.3 Å². The molecule has 0 aromatic heterocycles. The number of rotatable bonds is 54. The van der Waals surface area contributed by atoms with Crippen molar-refractivity contribution in [2.75, 3.05) is 13.2 Å². The molecule has 0 aromatic rings. The number of hydrogen-bond acceptors (Lipinski definition) is 6. The Morgan fingerprint density at radius 1 is 0.290 bits per heavy atom. The second-order valence-corrected chi connectivity index (χ2v) is 20.0. The van der Waals surface area contributed by atoms with E-state index in [-0.39, 0.29) is 31.1 Å². The van der Waals surface area contributed by atoms with Crippen molar-refractivity contribution in [3.8, 4) is 0 Å². The lowest BCUT2D eigenvalue weighted by atomic mass is 10.1. The fraction of sp³-hybridized carbons (Fsp3) is 0.794. The topological polar surface area (TPSA) is 78.9 Å². The second kappa shape index (κ2) is 57.7. The van der Waals surface area contributed by atoms with Gasteiger partial charge in [0.1, 0.15) is 13.2 Å². The lowest BCUT2D eigenvalue weighted by Gasteiger charge is -2.18. The summed E-state index contributed by atoms with van der Waals surface area (Å²) < 4.78 is 16.9. The van der Waals surface area contributed by atoms with Crippen LogP contribution in [0.3, 0.4) is 0 Å². The summed E-state index contributed by atoms with van der Waals surface area (Å²) in [5.41, 5.74) is 0. The number of carbonyl (C=O) groups excluding carboxylic acids is 3. The molecule has 69 heavy (non-hydrogen) atoms. The van der Waals surface area contributed by atoms with Crippen LogP contribution in [0.1, 0.15) is 303 Å². The van der Waals surface area contributed by atoms with Gasteiger partial charge in [0.25, 0.3) is 0 Å². The Bertz CT molecular complexity index is 1250. The third kappa shape index (κ3) is 55.9. The van der Waals surface area contributed by atoms with E-state index in [0.717, 1.165) is 77.0 Å². The molecule has 0 amide bonds. The summed E-state index contributed by atoms with van der Waals surface area (Å²) in [6.45, 7) is 6.60. The van der Waals surface area contributed by atoms with Crippen molar-refractivity contribution in [2.24, 2.45) is 0 Å². The molecule has 6 nitrogen and oxygen atoms in total. The van der Waals surface area contributed by atoms with Gasteiger partial charge in [0.05, 0.1) is 0 Å².